The van der Waals surface area contributed by atoms with E-state index in [0.717, 1.165) is 11.0 Å². The number of imidazole rings is 1. The molecule has 15 heavy (non-hydrogen) atoms. The number of methoxy groups -OCH3 is 1. The highest BCUT2D eigenvalue weighted by atomic mass is 79.9. The third kappa shape index (κ3) is 1.63. The average molecular weight is 269 g/mol. The number of carbonyl (C=O) groups is 1. The molecule has 78 valence electrons. The topological polar surface area (TPSA) is 44.1 Å². The molecule has 0 spiro atoms. The summed E-state index contributed by atoms with van der Waals surface area (Å²) in [5.41, 5.74) is 2.24. The van der Waals surface area contributed by atoms with Crippen molar-refractivity contribution in [3.8, 4) is 0 Å². The summed E-state index contributed by atoms with van der Waals surface area (Å²) < 4.78 is 7.27. The Morgan fingerprint density at radius 3 is 2.93 bits per heavy atom. The fourth-order valence-electron chi connectivity index (χ4n) is 1.41. The number of carbonyl (C=O) groups excluding carboxylic acids is 1. The quantitative estimate of drug-likeness (QED) is 0.745. The molecule has 0 saturated heterocycles. The molecule has 1 aromatic carbocycles. The van der Waals surface area contributed by atoms with Crippen LogP contribution in [0.5, 0.6) is 0 Å². The lowest BCUT2D eigenvalue weighted by molar-refractivity contribution is 0.0600. The van der Waals surface area contributed by atoms with Gasteiger partial charge in [0.1, 0.15) is 0 Å². The van der Waals surface area contributed by atoms with Gasteiger partial charge in [-0.2, -0.15) is 0 Å². The molecular formula is C10H9BrN2O2. The van der Waals surface area contributed by atoms with Crippen LogP contribution in [0.25, 0.3) is 11.0 Å². The fourth-order valence-corrected chi connectivity index (χ4v) is 1.91. The molecule has 0 aliphatic rings. The molecule has 0 radical (unpaired) electrons. The standard InChI is InChI=1S/C10H9BrN2O2/c1-13-5-12-8-3-6(10(14)15-2)7(11)4-9(8)13/h3-5H,1-2H3. The van der Waals surface area contributed by atoms with Crippen molar-refractivity contribution in [2.24, 2.45) is 7.05 Å². The van der Waals surface area contributed by atoms with Crippen molar-refractivity contribution >= 4 is 32.9 Å². The molecule has 2 rings (SSSR count). The third-order valence-electron chi connectivity index (χ3n) is 2.22. The van der Waals surface area contributed by atoms with Crippen LogP contribution in [-0.4, -0.2) is 22.6 Å². The van der Waals surface area contributed by atoms with E-state index in [1.165, 1.54) is 7.11 Å². The number of aryl methyl sites for hydroxylation is 1. The summed E-state index contributed by atoms with van der Waals surface area (Å²) in [6.07, 6.45) is 1.71. The van der Waals surface area contributed by atoms with Gasteiger partial charge in [-0.25, -0.2) is 9.78 Å². The molecule has 5 heteroatoms. The second-order valence-corrected chi connectivity index (χ2v) is 4.02. The molecule has 0 bridgehead atoms. The number of halogens is 1. The van der Waals surface area contributed by atoms with E-state index in [1.807, 2.05) is 17.7 Å². The molecule has 0 aliphatic heterocycles. The van der Waals surface area contributed by atoms with E-state index in [9.17, 15) is 4.79 Å². The SMILES string of the molecule is COC(=O)c1cc2ncn(C)c2cc1Br. The Morgan fingerprint density at radius 1 is 1.53 bits per heavy atom. The minimum absolute atomic E-state index is 0.366. The van der Waals surface area contributed by atoms with Crippen LogP contribution in [0, 0.1) is 0 Å². The lowest BCUT2D eigenvalue weighted by Crippen LogP contribution is -2.02. The first kappa shape index (κ1) is 10.2. The fraction of sp³-hybridized carbons (Fsp3) is 0.200. The Bertz CT molecular complexity index is 533. The lowest BCUT2D eigenvalue weighted by atomic mass is 10.2. The number of esters is 1. The molecular weight excluding hydrogens is 260 g/mol. The zero-order valence-electron chi connectivity index (χ0n) is 8.32. The summed E-state index contributed by atoms with van der Waals surface area (Å²) in [6, 6.07) is 3.57. The largest absolute Gasteiger partial charge is 0.465 e. The summed E-state index contributed by atoms with van der Waals surface area (Å²) in [7, 11) is 3.26. The van der Waals surface area contributed by atoms with Gasteiger partial charge < -0.3 is 9.30 Å². The van der Waals surface area contributed by atoms with E-state index in [4.69, 9.17) is 0 Å². The smallest absolute Gasteiger partial charge is 0.339 e. The van der Waals surface area contributed by atoms with Crippen LogP contribution in [0.3, 0.4) is 0 Å². The van der Waals surface area contributed by atoms with Gasteiger partial charge in [-0.1, -0.05) is 0 Å². The number of hydrogen-bond donors (Lipinski definition) is 0. The Morgan fingerprint density at radius 2 is 2.27 bits per heavy atom. The number of ether oxygens (including phenoxy) is 1. The van der Waals surface area contributed by atoms with Gasteiger partial charge in [-0.05, 0) is 28.1 Å². The highest BCUT2D eigenvalue weighted by molar-refractivity contribution is 9.10. The zero-order valence-corrected chi connectivity index (χ0v) is 9.91. The summed E-state index contributed by atoms with van der Waals surface area (Å²) in [4.78, 5) is 15.6. The van der Waals surface area contributed by atoms with E-state index in [0.29, 0.717) is 10.0 Å². The van der Waals surface area contributed by atoms with Crippen molar-refractivity contribution in [3.05, 3.63) is 28.5 Å². The first-order valence-corrected chi connectivity index (χ1v) is 5.11. The number of aromatic nitrogens is 2. The molecule has 0 saturated carbocycles. The summed E-state index contributed by atoms with van der Waals surface area (Å²) in [5, 5.41) is 0. The van der Waals surface area contributed by atoms with Crippen LogP contribution in [-0.2, 0) is 11.8 Å². The predicted octanol–water partition coefficient (Wildman–Crippen LogP) is 2.12. The monoisotopic (exact) mass is 268 g/mol. The van der Waals surface area contributed by atoms with Gasteiger partial charge in [-0.3, -0.25) is 0 Å². The lowest BCUT2D eigenvalue weighted by Gasteiger charge is -2.02. The maximum Gasteiger partial charge on any atom is 0.339 e. The molecule has 0 amide bonds. The first-order valence-electron chi connectivity index (χ1n) is 4.32. The van der Waals surface area contributed by atoms with Gasteiger partial charge in [0.05, 0.1) is 30.0 Å². The Hall–Kier alpha value is -1.36. The Balaban J connectivity index is 2.68. The van der Waals surface area contributed by atoms with E-state index in [-0.39, 0.29) is 5.97 Å². The zero-order chi connectivity index (χ0) is 11.0. The minimum Gasteiger partial charge on any atom is -0.465 e. The molecule has 0 unspecified atom stereocenters. The molecule has 4 nitrogen and oxygen atoms in total. The number of hydrogen-bond acceptors (Lipinski definition) is 3. The van der Waals surface area contributed by atoms with Gasteiger partial charge in [0.2, 0.25) is 0 Å². The number of nitrogens with zero attached hydrogens (tertiary/aromatic N) is 2. The van der Waals surface area contributed by atoms with Crippen LogP contribution in [0.4, 0.5) is 0 Å². The van der Waals surface area contributed by atoms with Gasteiger partial charge in [-0.15, -0.1) is 0 Å². The Kier molecular flexibility index (Phi) is 2.48. The van der Waals surface area contributed by atoms with Crippen molar-refractivity contribution in [1.82, 2.24) is 9.55 Å². The molecule has 1 aromatic heterocycles. The number of rotatable bonds is 1. The van der Waals surface area contributed by atoms with E-state index in [2.05, 4.69) is 25.7 Å². The predicted molar refractivity (Wildman–Crippen MR) is 59.8 cm³/mol. The third-order valence-corrected chi connectivity index (χ3v) is 2.88. The molecule has 0 atom stereocenters. The van der Waals surface area contributed by atoms with Gasteiger partial charge >= 0.3 is 5.97 Å². The van der Waals surface area contributed by atoms with E-state index >= 15 is 0 Å². The van der Waals surface area contributed by atoms with Crippen LogP contribution in [0.15, 0.2) is 22.9 Å². The molecule has 2 aromatic rings. The van der Waals surface area contributed by atoms with Gasteiger partial charge in [0.25, 0.3) is 0 Å². The summed E-state index contributed by atoms with van der Waals surface area (Å²) in [5.74, 6) is -0.366. The van der Waals surface area contributed by atoms with Crippen LogP contribution in [0.1, 0.15) is 10.4 Å². The van der Waals surface area contributed by atoms with Crippen molar-refractivity contribution in [3.63, 3.8) is 0 Å². The molecule has 0 fully saturated rings. The number of fused-ring (bicyclic) bond motifs is 1. The van der Waals surface area contributed by atoms with Crippen molar-refractivity contribution in [1.29, 1.82) is 0 Å². The Labute approximate surface area is 95.0 Å². The van der Waals surface area contributed by atoms with E-state index in [1.54, 1.807) is 12.4 Å². The average Bonchev–Trinajstić information content (AvgIpc) is 2.58. The second-order valence-electron chi connectivity index (χ2n) is 3.17. The number of benzene rings is 1. The van der Waals surface area contributed by atoms with Crippen molar-refractivity contribution in [2.45, 2.75) is 0 Å². The van der Waals surface area contributed by atoms with Crippen LogP contribution in [0.2, 0.25) is 0 Å². The normalized spacial score (nSPS) is 10.6. The maximum atomic E-state index is 11.4. The van der Waals surface area contributed by atoms with Crippen LogP contribution < -0.4 is 0 Å². The molecule has 0 N–H and O–H groups in total. The highest BCUT2D eigenvalue weighted by Crippen LogP contribution is 2.23. The van der Waals surface area contributed by atoms with Crippen LogP contribution >= 0.6 is 15.9 Å². The van der Waals surface area contributed by atoms with Crippen molar-refractivity contribution in [2.75, 3.05) is 7.11 Å². The summed E-state index contributed by atoms with van der Waals surface area (Å²) >= 11 is 3.34. The van der Waals surface area contributed by atoms with Crippen molar-refractivity contribution < 1.29 is 9.53 Å². The van der Waals surface area contributed by atoms with E-state index < -0.39 is 0 Å². The van der Waals surface area contributed by atoms with Gasteiger partial charge in [0, 0.05) is 11.5 Å². The summed E-state index contributed by atoms with van der Waals surface area (Å²) in [6.45, 7) is 0. The highest BCUT2D eigenvalue weighted by Gasteiger charge is 2.13. The first-order chi connectivity index (χ1) is 7.13. The molecule has 0 aliphatic carbocycles. The molecule has 1 heterocycles. The minimum atomic E-state index is -0.366. The second kappa shape index (κ2) is 3.66. The van der Waals surface area contributed by atoms with Gasteiger partial charge in [0.15, 0.2) is 0 Å². The maximum absolute atomic E-state index is 11.4.